The molecule has 0 aromatic heterocycles. The number of rotatable bonds is 3. The van der Waals surface area contributed by atoms with Crippen LogP contribution in [0.5, 0.6) is 0 Å². The Bertz CT molecular complexity index is 258. The van der Waals surface area contributed by atoms with Crippen molar-refractivity contribution in [2.24, 2.45) is 5.73 Å². The van der Waals surface area contributed by atoms with Crippen molar-refractivity contribution in [3.8, 4) is 0 Å². The Morgan fingerprint density at radius 3 is 2.42 bits per heavy atom. The van der Waals surface area contributed by atoms with E-state index in [1.807, 2.05) is 6.07 Å². The van der Waals surface area contributed by atoms with E-state index in [0.717, 1.165) is 5.56 Å². The number of carbonyl (C=O) groups is 1. The molecular weight excluding hydrogens is 154 g/mol. The SMILES string of the molecule is NC(=O)[C@H](CO)c1ccccc1. The van der Waals surface area contributed by atoms with Crippen LogP contribution in [-0.2, 0) is 4.79 Å². The van der Waals surface area contributed by atoms with Crippen molar-refractivity contribution in [2.45, 2.75) is 5.92 Å². The second kappa shape index (κ2) is 3.88. The molecule has 1 aromatic rings. The summed E-state index contributed by atoms with van der Waals surface area (Å²) in [6.07, 6.45) is 0. The highest BCUT2D eigenvalue weighted by molar-refractivity contribution is 5.81. The second-order valence-corrected chi connectivity index (χ2v) is 2.55. The molecule has 0 saturated heterocycles. The molecule has 0 heterocycles. The van der Waals surface area contributed by atoms with Crippen LogP contribution in [0.1, 0.15) is 11.5 Å². The van der Waals surface area contributed by atoms with Crippen molar-refractivity contribution in [2.75, 3.05) is 6.61 Å². The highest BCUT2D eigenvalue weighted by Crippen LogP contribution is 2.13. The standard InChI is InChI=1S/C9H11NO2/c10-9(12)8(6-11)7-4-2-1-3-5-7/h1-5,8,11H,6H2,(H2,10,12)/t8-/m1/s1. The summed E-state index contributed by atoms with van der Waals surface area (Å²) in [5.41, 5.74) is 5.84. The molecule has 0 aliphatic rings. The van der Waals surface area contributed by atoms with Gasteiger partial charge in [0.25, 0.3) is 0 Å². The topological polar surface area (TPSA) is 63.3 Å². The molecule has 12 heavy (non-hydrogen) atoms. The number of amides is 1. The average Bonchev–Trinajstić information content (AvgIpc) is 2.07. The van der Waals surface area contributed by atoms with E-state index in [-0.39, 0.29) is 6.61 Å². The van der Waals surface area contributed by atoms with Crippen LogP contribution in [0.3, 0.4) is 0 Å². The number of aliphatic hydroxyl groups is 1. The predicted octanol–water partition coefficient (Wildman–Crippen LogP) is 0.248. The summed E-state index contributed by atoms with van der Waals surface area (Å²) in [6.45, 7) is -0.237. The third kappa shape index (κ3) is 1.83. The molecule has 3 heteroatoms. The van der Waals surface area contributed by atoms with Gasteiger partial charge in [-0.15, -0.1) is 0 Å². The zero-order valence-electron chi connectivity index (χ0n) is 6.60. The first-order valence-electron chi connectivity index (χ1n) is 3.71. The Balaban J connectivity index is 2.88. The van der Waals surface area contributed by atoms with Crippen LogP contribution >= 0.6 is 0 Å². The molecule has 64 valence electrons. The van der Waals surface area contributed by atoms with Gasteiger partial charge in [0.15, 0.2) is 0 Å². The monoisotopic (exact) mass is 165 g/mol. The highest BCUT2D eigenvalue weighted by Gasteiger charge is 2.15. The van der Waals surface area contributed by atoms with E-state index in [4.69, 9.17) is 10.8 Å². The number of hydrogen-bond acceptors (Lipinski definition) is 2. The molecule has 3 nitrogen and oxygen atoms in total. The summed E-state index contributed by atoms with van der Waals surface area (Å²) in [5, 5.41) is 8.85. The largest absolute Gasteiger partial charge is 0.395 e. The maximum Gasteiger partial charge on any atom is 0.227 e. The molecule has 1 atom stereocenters. The van der Waals surface area contributed by atoms with Crippen molar-refractivity contribution in [3.63, 3.8) is 0 Å². The zero-order chi connectivity index (χ0) is 8.97. The Labute approximate surface area is 70.8 Å². The molecule has 0 saturated carbocycles. The zero-order valence-corrected chi connectivity index (χ0v) is 6.60. The molecule has 1 amide bonds. The molecule has 0 aliphatic heterocycles. The second-order valence-electron chi connectivity index (χ2n) is 2.55. The lowest BCUT2D eigenvalue weighted by Crippen LogP contribution is -2.24. The quantitative estimate of drug-likeness (QED) is 0.674. The first kappa shape index (κ1) is 8.74. The van der Waals surface area contributed by atoms with Crippen LogP contribution in [0.2, 0.25) is 0 Å². The van der Waals surface area contributed by atoms with Gasteiger partial charge in [-0.1, -0.05) is 30.3 Å². The van der Waals surface area contributed by atoms with E-state index < -0.39 is 11.8 Å². The van der Waals surface area contributed by atoms with E-state index in [9.17, 15) is 4.79 Å². The van der Waals surface area contributed by atoms with Crippen LogP contribution in [-0.4, -0.2) is 17.6 Å². The number of nitrogens with two attached hydrogens (primary N) is 1. The Morgan fingerprint density at radius 1 is 1.42 bits per heavy atom. The average molecular weight is 165 g/mol. The summed E-state index contributed by atoms with van der Waals surface area (Å²) in [6, 6.07) is 9.00. The summed E-state index contributed by atoms with van der Waals surface area (Å²) in [7, 11) is 0. The summed E-state index contributed by atoms with van der Waals surface area (Å²) in [4.78, 5) is 10.8. The Morgan fingerprint density at radius 2 is 2.00 bits per heavy atom. The molecule has 0 radical (unpaired) electrons. The Hall–Kier alpha value is -1.35. The van der Waals surface area contributed by atoms with Crippen LogP contribution in [0, 0.1) is 0 Å². The molecule has 3 N–H and O–H groups in total. The number of carbonyl (C=O) groups excluding carboxylic acids is 1. The lowest BCUT2D eigenvalue weighted by Gasteiger charge is -2.09. The van der Waals surface area contributed by atoms with Crippen LogP contribution in [0.25, 0.3) is 0 Å². The molecular formula is C9H11NO2. The van der Waals surface area contributed by atoms with Gasteiger partial charge in [0.2, 0.25) is 5.91 Å². The van der Waals surface area contributed by atoms with Crippen molar-refractivity contribution >= 4 is 5.91 Å². The van der Waals surface area contributed by atoms with E-state index >= 15 is 0 Å². The first-order chi connectivity index (χ1) is 5.75. The minimum Gasteiger partial charge on any atom is -0.395 e. The van der Waals surface area contributed by atoms with Crippen LogP contribution < -0.4 is 5.73 Å². The number of benzene rings is 1. The number of aliphatic hydroxyl groups excluding tert-OH is 1. The smallest absolute Gasteiger partial charge is 0.227 e. The van der Waals surface area contributed by atoms with E-state index in [1.165, 1.54) is 0 Å². The van der Waals surface area contributed by atoms with Gasteiger partial charge in [-0.25, -0.2) is 0 Å². The normalized spacial score (nSPS) is 12.4. The van der Waals surface area contributed by atoms with Gasteiger partial charge in [0.1, 0.15) is 0 Å². The third-order valence-electron chi connectivity index (χ3n) is 1.73. The van der Waals surface area contributed by atoms with E-state index in [1.54, 1.807) is 24.3 Å². The fourth-order valence-electron chi connectivity index (χ4n) is 1.04. The molecule has 0 fully saturated rings. The summed E-state index contributed by atoms with van der Waals surface area (Å²) < 4.78 is 0. The molecule has 0 spiro atoms. The van der Waals surface area contributed by atoms with Crippen molar-refractivity contribution in [3.05, 3.63) is 35.9 Å². The molecule has 0 aliphatic carbocycles. The summed E-state index contributed by atoms with van der Waals surface area (Å²) in [5.74, 6) is -1.07. The van der Waals surface area contributed by atoms with Gasteiger partial charge >= 0.3 is 0 Å². The van der Waals surface area contributed by atoms with Crippen molar-refractivity contribution < 1.29 is 9.90 Å². The van der Waals surface area contributed by atoms with Gasteiger partial charge < -0.3 is 10.8 Å². The minimum absolute atomic E-state index is 0.237. The van der Waals surface area contributed by atoms with Gasteiger partial charge in [-0.2, -0.15) is 0 Å². The molecule has 0 unspecified atom stereocenters. The van der Waals surface area contributed by atoms with Gasteiger partial charge in [-0.3, -0.25) is 4.79 Å². The van der Waals surface area contributed by atoms with Crippen molar-refractivity contribution in [1.82, 2.24) is 0 Å². The molecule has 0 bridgehead atoms. The lowest BCUT2D eigenvalue weighted by molar-refractivity contribution is -0.120. The van der Waals surface area contributed by atoms with Crippen LogP contribution in [0.4, 0.5) is 0 Å². The molecule has 1 rings (SSSR count). The van der Waals surface area contributed by atoms with Gasteiger partial charge in [0.05, 0.1) is 12.5 Å². The van der Waals surface area contributed by atoms with Gasteiger partial charge in [0, 0.05) is 0 Å². The minimum atomic E-state index is -0.578. The highest BCUT2D eigenvalue weighted by atomic mass is 16.3. The first-order valence-corrected chi connectivity index (χ1v) is 3.71. The predicted molar refractivity (Wildman–Crippen MR) is 45.5 cm³/mol. The Kier molecular flexibility index (Phi) is 2.82. The fraction of sp³-hybridized carbons (Fsp3) is 0.222. The fourth-order valence-corrected chi connectivity index (χ4v) is 1.04. The maximum absolute atomic E-state index is 10.8. The lowest BCUT2D eigenvalue weighted by atomic mass is 10.00. The third-order valence-corrected chi connectivity index (χ3v) is 1.73. The van der Waals surface area contributed by atoms with E-state index in [2.05, 4.69) is 0 Å². The number of primary amides is 1. The van der Waals surface area contributed by atoms with Crippen LogP contribution in [0.15, 0.2) is 30.3 Å². The van der Waals surface area contributed by atoms with Gasteiger partial charge in [-0.05, 0) is 5.56 Å². The van der Waals surface area contributed by atoms with Crippen molar-refractivity contribution in [1.29, 1.82) is 0 Å². The summed E-state index contributed by atoms with van der Waals surface area (Å²) >= 11 is 0. The van der Waals surface area contributed by atoms with E-state index in [0.29, 0.717) is 0 Å². The maximum atomic E-state index is 10.8. The molecule has 1 aromatic carbocycles. The number of hydrogen-bond donors (Lipinski definition) is 2.